The lowest BCUT2D eigenvalue weighted by molar-refractivity contribution is 0.0571. The van der Waals surface area contributed by atoms with Crippen LogP contribution in [0.15, 0.2) is 23.0 Å². The molecule has 1 aliphatic heterocycles. The fourth-order valence-corrected chi connectivity index (χ4v) is 3.18. The van der Waals surface area contributed by atoms with Gasteiger partial charge in [0.1, 0.15) is 18.2 Å². The Morgan fingerprint density at radius 2 is 1.92 bits per heavy atom. The van der Waals surface area contributed by atoms with Crippen LogP contribution in [0.3, 0.4) is 0 Å². The van der Waals surface area contributed by atoms with E-state index < -0.39 is 11.6 Å². The summed E-state index contributed by atoms with van der Waals surface area (Å²) in [7, 11) is 0. The Morgan fingerprint density at radius 1 is 1.15 bits per heavy atom. The van der Waals surface area contributed by atoms with Crippen molar-refractivity contribution in [1.82, 2.24) is 20.1 Å². The summed E-state index contributed by atoms with van der Waals surface area (Å²) in [5.41, 5.74) is 0.314. The molecular weight excluding hydrogens is 344 g/mol. The summed E-state index contributed by atoms with van der Waals surface area (Å²) in [5.74, 6) is -0.370. The first-order chi connectivity index (χ1) is 12.6. The number of ether oxygens (including phenoxy) is 1. The molecule has 1 saturated heterocycles. The topological polar surface area (TPSA) is 86.0 Å². The number of nitrogens with one attached hydrogen (secondary N) is 1. The zero-order valence-electron chi connectivity index (χ0n) is 14.1. The van der Waals surface area contributed by atoms with Crippen LogP contribution in [0.4, 0.5) is 14.6 Å². The predicted octanol–water partition coefficient (Wildman–Crippen LogP) is 3.18. The van der Waals surface area contributed by atoms with E-state index >= 15 is 0 Å². The molecule has 0 unspecified atom stereocenters. The lowest BCUT2D eigenvalue weighted by Gasteiger charge is -2.29. The molecule has 26 heavy (non-hydrogen) atoms. The third-order valence-electron chi connectivity index (χ3n) is 4.52. The van der Waals surface area contributed by atoms with Gasteiger partial charge in [-0.15, -0.1) is 0 Å². The fraction of sp³-hybridized carbons (Fsp3) is 0.412. The van der Waals surface area contributed by atoms with Gasteiger partial charge in [0.05, 0.1) is 5.52 Å². The van der Waals surface area contributed by atoms with E-state index in [9.17, 15) is 8.78 Å². The van der Waals surface area contributed by atoms with Gasteiger partial charge in [-0.25, -0.2) is 18.7 Å². The van der Waals surface area contributed by atoms with Gasteiger partial charge in [0.25, 0.3) is 0 Å². The Labute approximate surface area is 147 Å². The van der Waals surface area contributed by atoms with E-state index in [1.165, 1.54) is 6.33 Å². The van der Waals surface area contributed by atoms with Crippen molar-refractivity contribution in [3.63, 3.8) is 0 Å². The van der Waals surface area contributed by atoms with Gasteiger partial charge < -0.3 is 14.6 Å². The van der Waals surface area contributed by atoms with E-state index in [-0.39, 0.29) is 12.0 Å². The smallest absolute Gasteiger partial charge is 0.249 e. The Hall–Kier alpha value is -2.68. The highest BCUT2D eigenvalue weighted by molar-refractivity contribution is 5.89. The summed E-state index contributed by atoms with van der Waals surface area (Å²) in [6.45, 7) is 3.02. The second kappa shape index (κ2) is 6.91. The van der Waals surface area contributed by atoms with Crippen molar-refractivity contribution >= 4 is 16.7 Å². The summed E-state index contributed by atoms with van der Waals surface area (Å²) in [5, 5.41) is 7.53. The second-order valence-electron chi connectivity index (χ2n) is 6.26. The first-order valence-electron chi connectivity index (χ1n) is 8.36. The fourth-order valence-electron chi connectivity index (χ4n) is 3.18. The van der Waals surface area contributed by atoms with Crippen molar-refractivity contribution in [2.75, 3.05) is 18.5 Å². The molecule has 9 heteroatoms. The van der Waals surface area contributed by atoms with Crippen LogP contribution in [0, 0.1) is 24.5 Å². The number of aromatic nitrogens is 4. The summed E-state index contributed by atoms with van der Waals surface area (Å²) in [6.07, 6.45) is 2.93. The van der Waals surface area contributed by atoms with E-state index in [2.05, 4.69) is 25.4 Å². The van der Waals surface area contributed by atoms with Crippen LogP contribution >= 0.6 is 0 Å². The van der Waals surface area contributed by atoms with Crippen molar-refractivity contribution in [1.29, 1.82) is 0 Å². The second-order valence-corrected chi connectivity index (χ2v) is 6.26. The number of fused-ring (bicyclic) bond motifs is 1. The summed E-state index contributed by atoms with van der Waals surface area (Å²) in [6, 6.07) is 1.83. The average Bonchev–Trinajstić information content (AvgIpc) is 3.08. The normalized spacial score (nSPS) is 16.7. The summed E-state index contributed by atoms with van der Waals surface area (Å²) < 4.78 is 38.0. The number of benzene rings is 1. The lowest BCUT2D eigenvalue weighted by Crippen LogP contribution is -2.27. The first kappa shape index (κ1) is 16.8. The Kier molecular flexibility index (Phi) is 4.46. The molecule has 2 aromatic heterocycles. The highest BCUT2D eigenvalue weighted by Crippen LogP contribution is 2.34. The van der Waals surface area contributed by atoms with Crippen LogP contribution in [0.25, 0.3) is 10.9 Å². The minimum atomic E-state index is -0.952. The molecule has 3 heterocycles. The maximum atomic E-state index is 13.7. The zero-order chi connectivity index (χ0) is 18.1. The summed E-state index contributed by atoms with van der Waals surface area (Å²) in [4.78, 5) is 12.6. The molecule has 0 amide bonds. The van der Waals surface area contributed by atoms with Gasteiger partial charge in [-0.2, -0.15) is 4.98 Å². The molecule has 1 fully saturated rings. The molecule has 0 aliphatic carbocycles. The van der Waals surface area contributed by atoms with Crippen molar-refractivity contribution < 1.29 is 18.0 Å². The number of hydrogen-bond donors (Lipinski definition) is 1. The van der Waals surface area contributed by atoms with Crippen molar-refractivity contribution in [2.24, 2.45) is 5.92 Å². The molecule has 0 radical (unpaired) electrons. The number of aryl methyl sites for hydroxylation is 1. The molecule has 4 rings (SSSR count). The molecule has 136 valence electrons. The quantitative estimate of drug-likeness (QED) is 0.764. The molecule has 1 aromatic carbocycles. The predicted molar refractivity (Wildman–Crippen MR) is 88.4 cm³/mol. The number of halogens is 2. The molecule has 1 N–H and O–H groups in total. The van der Waals surface area contributed by atoms with Crippen LogP contribution in [0.1, 0.15) is 30.6 Å². The number of rotatable bonds is 4. The number of nitrogens with zero attached hydrogens (tertiary/aromatic N) is 4. The van der Waals surface area contributed by atoms with Crippen molar-refractivity contribution in [2.45, 2.75) is 25.8 Å². The molecule has 0 bridgehead atoms. The van der Waals surface area contributed by atoms with Gasteiger partial charge in [0.2, 0.25) is 5.89 Å². The van der Waals surface area contributed by atoms with Gasteiger partial charge in [-0.1, -0.05) is 5.16 Å². The Bertz CT molecular complexity index is 927. The molecule has 1 atom stereocenters. The zero-order valence-corrected chi connectivity index (χ0v) is 14.1. The van der Waals surface area contributed by atoms with Crippen molar-refractivity contribution in [3.8, 4) is 0 Å². The van der Waals surface area contributed by atoms with E-state index in [1.807, 2.05) is 0 Å². The maximum Gasteiger partial charge on any atom is 0.249 e. The number of hydrogen-bond acceptors (Lipinski definition) is 7. The van der Waals surface area contributed by atoms with E-state index in [0.717, 1.165) is 25.0 Å². The monoisotopic (exact) mass is 361 g/mol. The highest BCUT2D eigenvalue weighted by atomic mass is 19.2. The largest absolute Gasteiger partial charge is 0.381 e. The minimum Gasteiger partial charge on any atom is -0.381 e. The van der Waals surface area contributed by atoms with Gasteiger partial charge in [-0.05, 0) is 31.7 Å². The molecule has 7 nitrogen and oxygen atoms in total. The van der Waals surface area contributed by atoms with Gasteiger partial charge >= 0.3 is 0 Å². The molecular formula is C17H17F2N5O2. The SMILES string of the molecule is Cc1noc([C@@H](Nc2ncnc3cc(F)c(F)cc23)C2CCOCC2)n1. The van der Waals surface area contributed by atoms with Crippen LogP contribution in [-0.2, 0) is 4.74 Å². The third-order valence-corrected chi connectivity index (χ3v) is 4.52. The van der Waals surface area contributed by atoms with E-state index in [4.69, 9.17) is 9.26 Å². The van der Waals surface area contributed by atoms with Crippen LogP contribution in [0.5, 0.6) is 0 Å². The third kappa shape index (κ3) is 3.22. The van der Waals surface area contributed by atoms with Crippen LogP contribution in [-0.4, -0.2) is 33.3 Å². The van der Waals surface area contributed by atoms with E-state index in [0.29, 0.717) is 41.6 Å². The van der Waals surface area contributed by atoms with Gasteiger partial charge in [0.15, 0.2) is 17.5 Å². The lowest BCUT2D eigenvalue weighted by atomic mass is 9.91. The summed E-state index contributed by atoms with van der Waals surface area (Å²) >= 11 is 0. The average molecular weight is 361 g/mol. The number of anilines is 1. The Balaban J connectivity index is 1.73. The molecule has 3 aromatic rings. The van der Waals surface area contributed by atoms with Crippen molar-refractivity contribution in [3.05, 3.63) is 41.8 Å². The van der Waals surface area contributed by atoms with E-state index in [1.54, 1.807) is 6.92 Å². The molecule has 0 spiro atoms. The Morgan fingerprint density at radius 3 is 2.65 bits per heavy atom. The van der Waals surface area contributed by atoms with Gasteiger partial charge in [-0.3, -0.25) is 0 Å². The minimum absolute atomic E-state index is 0.180. The van der Waals surface area contributed by atoms with Crippen LogP contribution < -0.4 is 5.32 Å². The first-order valence-corrected chi connectivity index (χ1v) is 8.36. The molecule has 1 aliphatic rings. The standard InChI is InChI=1S/C17H17F2N5O2/c1-9-22-17(26-24-9)15(10-2-4-25-5-3-10)23-16-11-6-12(18)13(19)7-14(11)20-8-21-16/h6-8,10,15H,2-5H2,1H3,(H,20,21,23)/t15-/m0/s1. The molecule has 0 saturated carbocycles. The van der Waals surface area contributed by atoms with Gasteiger partial charge in [0, 0.05) is 24.7 Å². The highest BCUT2D eigenvalue weighted by Gasteiger charge is 2.30. The van der Waals surface area contributed by atoms with Crippen LogP contribution in [0.2, 0.25) is 0 Å². The maximum absolute atomic E-state index is 13.7.